The summed E-state index contributed by atoms with van der Waals surface area (Å²) in [5.74, 6) is 0.961. The molecule has 1 aliphatic heterocycles. The predicted molar refractivity (Wildman–Crippen MR) is 69.0 cm³/mol. The van der Waals surface area contributed by atoms with Crippen LogP contribution in [-0.4, -0.2) is 53.5 Å². The minimum Gasteiger partial charge on any atom is -0.332 e. The van der Waals surface area contributed by atoms with Crippen LogP contribution in [0.15, 0.2) is 0 Å². The first kappa shape index (κ1) is 12.7. The molecule has 0 radical (unpaired) electrons. The van der Waals surface area contributed by atoms with Gasteiger partial charge in [0.15, 0.2) is 0 Å². The van der Waals surface area contributed by atoms with Crippen molar-refractivity contribution in [3.05, 3.63) is 0 Å². The van der Waals surface area contributed by atoms with Crippen molar-refractivity contribution in [3.8, 4) is 0 Å². The van der Waals surface area contributed by atoms with Crippen molar-refractivity contribution in [1.29, 1.82) is 0 Å². The maximum absolute atomic E-state index is 11.9. The van der Waals surface area contributed by atoms with Gasteiger partial charge >= 0.3 is 0 Å². The van der Waals surface area contributed by atoms with Crippen molar-refractivity contribution in [2.45, 2.75) is 26.2 Å². The van der Waals surface area contributed by atoms with E-state index >= 15 is 0 Å². The molecule has 2 aliphatic rings. The maximum atomic E-state index is 11.9. The first-order valence-corrected chi connectivity index (χ1v) is 6.90. The van der Waals surface area contributed by atoms with E-state index in [1.165, 1.54) is 6.42 Å². The fraction of sp³-hybridized carbons (Fsp3) is 0.833. The molecule has 17 heavy (non-hydrogen) atoms. The molecular formula is C12H20N2O2S. The van der Waals surface area contributed by atoms with Gasteiger partial charge in [0.1, 0.15) is 0 Å². The van der Waals surface area contributed by atoms with E-state index in [9.17, 15) is 9.59 Å². The Hall–Kier alpha value is -0.710. The Morgan fingerprint density at radius 2 is 1.76 bits per heavy atom. The number of carbonyl (C=O) groups excluding carboxylic acids is 2. The van der Waals surface area contributed by atoms with Crippen molar-refractivity contribution < 1.29 is 9.59 Å². The molecule has 1 heterocycles. The third kappa shape index (κ3) is 2.44. The average Bonchev–Trinajstić information content (AvgIpc) is 2.27. The van der Waals surface area contributed by atoms with Crippen LogP contribution in [0.2, 0.25) is 0 Å². The van der Waals surface area contributed by atoms with Crippen LogP contribution in [0.3, 0.4) is 0 Å². The van der Waals surface area contributed by atoms with Crippen molar-refractivity contribution in [3.63, 3.8) is 0 Å². The van der Waals surface area contributed by atoms with E-state index in [1.807, 2.05) is 6.92 Å². The maximum Gasteiger partial charge on any atom is 0.242 e. The number of thiol groups is 1. The molecule has 96 valence electrons. The van der Waals surface area contributed by atoms with E-state index in [0.717, 1.165) is 18.6 Å². The second-order valence-electron chi connectivity index (χ2n) is 5.17. The van der Waals surface area contributed by atoms with Gasteiger partial charge in [-0.2, -0.15) is 12.6 Å². The third-order valence-corrected chi connectivity index (χ3v) is 4.69. The van der Waals surface area contributed by atoms with Gasteiger partial charge in [0.2, 0.25) is 11.8 Å². The Kier molecular flexibility index (Phi) is 3.66. The van der Waals surface area contributed by atoms with Gasteiger partial charge in [-0.25, -0.2) is 0 Å². The molecule has 5 heteroatoms. The molecule has 1 aliphatic carbocycles. The summed E-state index contributed by atoms with van der Waals surface area (Å²) in [4.78, 5) is 27.1. The number of rotatable bonds is 4. The van der Waals surface area contributed by atoms with Crippen LogP contribution in [-0.2, 0) is 9.59 Å². The fourth-order valence-corrected chi connectivity index (χ4v) is 3.00. The Morgan fingerprint density at radius 1 is 1.18 bits per heavy atom. The van der Waals surface area contributed by atoms with E-state index in [4.69, 9.17) is 0 Å². The van der Waals surface area contributed by atoms with Crippen LogP contribution < -0.4 is 0 Å². The highest BCUT2D eigenvalue weighted by atomic mass is 32.1. The van der Waals surface area contributed by atoms with E-state index in [1.54, 1.807) is 9.80 Å². The zero-order valence-electron chi connectivity index (χ0n) is 10.3. The summed E-state index contributed by atoms with van der Waals surface area (Å²) < 4.78 is 0. The molecule has 0 unspecified atom stereocenters. The molecule has 0 bridgehead atoms. The van der Waals surface area contributed by atoms with Crippen molar-refractivity contribution in [1.82, 2.24) is 9.80 Å². The summed E-state index contributed by atoms with van der Waals surface area (Å²) >= 11 is 4.39. The molecule has 0 spiro atoms. The Labute approximate surface area is 108 Å². The molecular weight excluding hydrogens is 236 g/mol. The van der Waals surface area contributed by atoms with Crippen LogP contribution in [0.25, 0.3) is 0 Å². The molecule has 0 N–H and O–H groups in total. The molecule has 2 rings (SSSR count). The monoisotopic (exact) mass is 256 g/mol. The first-order valence-electron chi connectivity index (χ1n) is 6.27. The molecule has 4 nitrogen and oxygen atoms in total. The normalized spacial score (nSPS) is 23.9. The minimum atomic E-state index is 0.0701. The van der Waals surface area contributed by atoms with Crippen LogP contribution in [0.1, 0.15) is 26.2 Å². The molecule has 0 atom stereocenters. The zero-order valence-corrected chi connectivity index (χ0v) is 11.2. The first-order chi connectivity index (χ1) is 8.10. The number of carbonyl (C=O) groups is 2. The lowest BCUT2D eigenvalue weighted by atomic mass is 9.70. The summed E-state index contributed by atoms with van der Waals surface area (Å²) in [5.41, 5.74) is 0.174. The lowest BCUT2D eigenvalue weighted by Gasteiger charge is -2.45. The number of piperazine rings is 1. The van der Waals surface area contributed by atoms with Crippen LogP contribution in [0.5, 0.6) is 0 Å². The largest absolute Gasteiger partial charge is 0.332 e. The summed E-state index contributed by atoms with van der Waals surface area (Å²) in [6, 6.07) is 0. The lowest BCUT2D eigenvalue weighted by molar-refractivity contribution is -0.151. The third-order valence-electron chi connectivity index (χ3n) is 4.02. The fourth-order valence-electron chi connectivity index (χ4n) is 2.58. The second kappa shape index (κ2) is 4.88. The second-order valence-corrected chi connectivity index (χ2v) is 5.49. The van der Waals surface area contributed by atoms with Gasteiger partial charge in [0.05, 0.1) is 13.1 Å². The zero-order chi connectivity index (χ0) is 12.5. The SMILES string of the molecule is CCN1CC(=O)N(CC2(CS)CCC2)CC1=O. The Bertz CT molecular complexity index is 323. The summed E-state index contributed by atoms with van der Waals surface area (Å²) in [6.07, 6.45) is 3.48. The molecule has 2 amide bonds. The van der Waals surface area contributed by atoms with E-state index in [0.29, 0.717) is 13.1 Å². The van der Waals surface area contributed by atoms with Crippen LogP contribution >= 0.6 is 12.6 Å². The number of likely N-dealkylation sites (N-methyl/N-ethyl adjacent to an activating group) is 1. The molecule has 1 saturated carbocycles. The van der Waals surface area contributed by atoms with Gasteiger partial charge in [-0.1, -0.05) is 6.42 Å². The average molecular weight is 256 g/mol. The van der Waals surface area contributed by atoms with Crippen molar-refractivity contribution in [2.75, 3.05) is 31.9 Å². The van der Waals surface area contributed by atoms with Gasteiger partial charge in [-0.3, -0.25) is 9.59 Å². The molecule has 0 aromatic rings. The number of hydrogen-bond donors (Lipinski definition) is 1. The van der Waals surface area contributed by atoms with E-state index in [-0.39, 0.29) is 30.3 Å². The molecule has 2 fully saturated rings. The Morgan fingerprint density at radius 3 is 2.24 bits per heavy atom. The standard InChI is InChI=1S/C12H20N2O2S/c1-2-13-6-11(16)14(7-10(13)15)8-12(9-17)4-3-5-12/h17H,2-9H2,1H3. The van der Waals surface area contributed by atoms with Gasteiger partial charge in [0, 0.05) is 13.1 Å². The van der Waals surface area contributed by atoms with E-state index in [2.05, 4.69) is 12.6 Å². The summed E-state index contributed by atoms with van der Waals surface area (Å²) in [5, 5.41) is 0. The van der Waals surface area contributed by atoms with Gasteiger partial charge < -0.3 is 9.80 Å². The number of amides is 2. The molecule has 1 saturated heterocycles. The van der Waals surface area contributed by atoms with Gasteiger partial charge in [-0.15, -0.1) is 0 Å². The number of nitrogens with zero attached hydrogens (tertiary/aromatic N) is 2. The van der Waals surface area contributed by atoms with Gasteiger partial charge in [0.25, 0.3) is 0 Å². The topological polar surface area (TPSA) is 40.6 Å². The lowest BCUT2D eigenvalue weighted by Crippen LogP contribution is -2.57. The highest BCUT2D eigenvalue weighted by Crippen LogP contribution is 2.42. The number of hydrogen-bond acceptors (Lipinski definition) is 3. The molecule has 0 aromatic heterocycles. The Balaban J connectivity index is 1.98. The minimum absolute atomic E-state index is 0.0701. The van der Waals surface area contributed by atoms with Crippen molar-refractivity contribution >= 4 is 24.4 Å². The molecule has 0 aromatic carbocycles. The predicted octanol–water partition coefficient (Wildman–Crippen LogP) is 0.777. The van der Waals surface area contributed by atoms with E-state index < -0.39 is 0 Å². The smallest absolute Gasteiger partial charge is 0.242 e. The van der Waals surface area contributed by atoms with Crippen LogP contribution in [0, 0.1) is 5.41 Å². The quantitative estimate of drug-likeness (QED) is 0.755. The highest BCUT2D eigenvalue weighted by Gasteiger charge is 2.40. The summed E-state index contributed by atoms with van der Waals surface area (Å²) in [6.45, 7) is 3.73. The van der Waals surface area contributed by atoms with Crippen molar-refractivity contribution in [2.24, 2.45) is 5.41 Å². The summed E-state index contributed by atoms with van der Waals surface area (Å²) in [7, 11) is 0. The van der Waals surface area contributed by atoms with Crippen LogP contribution in [0.4, 0.5) is 0 Å². The van der Waals surface area contributed by atoms with Gasteiger partial charge in [-0.05, 0) is 30.9 Å². The highest BCUT2D eigenvalue weighted by molar-refractivity contribution is 7.80.